The van der Waals surface area contributed by atoms with Crippen LogP contribution in [0.25, 0.3) is 0 Å². The molecule has 1 aliphatic rings. The molecule has 0 radical (unpaired) electrons. The topological polar surface area (TPSA) is 12.0 Å². The second kappa shape index (κ2) is 6.31. The highest BCUT2D eigenvalue weighted by Crippen LogP contribution is 2.37. The lowest BCUT2D eigenvalue weighted by molar-refractivity contribution is 0.542. The second-order valence-electron chi connectivity index (χ2n) is 4.42. The fourth-order valence-corrected chi connectivity index (χ4v) is 3.36. The van der Waals surface area contributed by atoms with E-state index in [1.54, 1.807) is 0 Å². The molecule has 2 heteroatoms. The molecule has 1 aromatic carbocycles. The maximum atomic E-state index is 3.68. The molecule has 16 heavy (non-hydrogen) atoms. The smallest absolute Gasteiger partial charge is 0.0426 e. The van der Waals surface area contributed by atoms with E-state index in [9.17, 15) is 0 Å². The van der Waals surface area contributed by atoms with Gasteiger partial charge in [0.05, 0.1) is 0 Å². The van der Waals surface area contributed by atoms with E-state index in [0.29, 0.717) is 6.04 Å². The minimum Gasteiger partial charge on any atom is -0.309 e. The molecular formula is C14H21NS. The molecule has 0 saturated heterocycles. The summed E-state index contributed by atoms with van der Waals surface area (Å²) in [7, 11) is 0. The number of hydrogen-bond donors (Lipinski definition) is 1. The van der Waals surface area contributed by atoms with Crippen LogP contribution in [0.3, 0.4) is 0 Å². The van der Waals surface area contributed by atoms with Crippen molar-refractivity contribution in [3.8, 4) is 0 Å². The van der Waals surface area contributed by atoms with Crippen LogP contribution in [-0.2, 0) is 0 Å². The lowest BCUT2D eigenvalue weighted by Crippen LogP contribution is -2.22. The normalized spacial score (nSPS) is 18.7. The summed E-state index contributed by atoms with van der Waals surface area (Å²) in [5.41, 5.74) is 1.50. The Morgan fingerprint density at radius 3 is 3.00 bits per heavy atom. The lowest BCUT2D eigenvalue weighted by atomic mass is 10.1. The molecule has 1 aromatic rings. The summed E-state index contributed by atoms with van der Waals surface area (Å²) in [6, 6.07) is 9.37. The maximum Gasteiger partial charge on any atom is 0.0426 e. The van der Waals surface area contributed by atoms with E-state index in [-0.39, 0.29) is 0 Å². The van der Waals surface area contributed by atoms with Gasteiger partial charge in [0.1, 0.15) is 0 Å². The summed E-state index contributed by atoms with van der Waals surface area (Å²) in [4.78, 5) is 1.47. The second-order valence-corrected chi connectivity index (χ2v) is 5.48. The molecule has 1 unspecified atom stereocenters. The summed E-state index contributed by atoms with van der Waals surface area (Å²) in [5.74, 6) is 1.20. The molecule has 1 atom stereocenters. The van der Waals surface area contributed by atoms with Crippen molar-refractivity contribution in [2.24, 2.45) is 0 Å². The average Bonchev–Trinajstić information content (AvgIpc) is 2.73. The van der Waals surface area contributed by atoms with Crippen LogP contribution in [0, 0.1) is 0 Å². The zero-order valence-corrected chi connectivity index (χ0v) is 10.9. The number of benzene rings is 1. The summed E-state index contributed by atoms with van der Waals surface area (Å²) in [6.07, 6.45) is 5.38. The molecule has 2 rings (SSSR count). The van der Waals surface area contributed by atoms with E-state index >= 15 is 0 Å². The van der Waals surface area contributed by atoms with Gasteiger partial charge in [-0.3, -0.25) is 0 Å². The Hall–Kier alpha value is -0.470. The van der Waals surface area contributed by atoms with Crippen LogP contribution < -0.4 is 5.32 Å². The van der Waals surface area contributed by atoms with Gasteiger partial charge in [0.25, 0.3) is 0 Å². The molecule has 88 valence electrons. The van der Waals surface area contributed by atoms with Crippen LogP contribution in [0.2, 0.25) is 0 Å². The highest BCUT2D eigenvalue weighted by molar-refractivity contribution is 7.99. The molecule has 0 bridgehead atoms. The minimum absolute atomic E-state index is 0.586. The van der Waals surface area contributed by atoms with Gasteiger partial charge in [0.2, 0.25) is 0 Å². The Morgan fingerprint density at radius 1 is 1.25 bits per heavy atom. The molecule has 1 aliphatic heterocycles. The van der Waals surface area contributed by atoms with E-state index < -0.39 is 0 Å². The summed E-state index contributed by atoms with van der Waals surface area (Å²) in [6.45, 7) is 3.43. The Bertz CT molecular complexity index is 324. The third-order valence-electron chi connectivity index (χ3n) is 3.12. The Kier molecular flexibility index (Phi) is 4.73. The van der Waals surface area contributed by atoms with Gasteiger partial charge in [-0.15, -0.1) is 11.8 Å². The Morgan fingerprint density at radius 2 is 2.12 bits per heavy atom. The maximum absolute atomic E-state index is 3.68. The largest absolute Gasteiger partial charge is 0.309 e. The van der Waals surface area contributed by atoms with Crippen LogP contribution in [0.15, 0.2) is 29.2 Å². The quantitative estimate of drug-likeness (QED) is 0.748. The fraction of sp³-hybridized carbons (Fsp3) is 0.571. The van der Waals surface area contributed by atoms with Gasteiger partial charge in [0, 0.05) is 16.7 Å². The molecule has 1 N–H and O–H groups in total. The van der Waals surface area contributed by atoms with Crippen molar-refractivity contribution < 1.29 is 0 Å². The first-order valence-electron chi connectivity index (χ1n) is 6.37. The van der Waals surface area contributed by atoms with Gasteiger partial charge in [-0.1, -0.05) is 44.4 Å². The van der Waals surface area contributed by atoms with Gasteiger partial charge < -0.3 is 5.32 Å². The first-order valence-corrected chi connectivity index (χ1v) is 7.35. The summed E-state index contributed by atoms with van der Waals surface area (Å²) < 4.78 is 0. The molecule has 1 heterocycles. The first kappa shape index (κ1) is 12.0. The van der Waals surface area contributed by atoms with Crippen molar-refractivity contribution >= 4 is 11.8 Å². The first-order chi connectivity index (χ1) is 7.92. The zero-order chi connectivity index (χ0) is 11.2. The summed E-state index contributed by atoms with van der Waals surface area (Å²) in [5, 5.41) is 3.68. The molecule has 0 aromatic heterocycles. The molecule has 0 spiro atoms. The monoisotopic (exact) mass is 235 g/mol. The standard InChI is InChI=1S/C14H21NS/c1-2-3-4-7-10-15-13-11-16-14-9-6-5-8-12(13)14/h5-6,8-9,13,15H,2-4,7,10-11H2,1H3. The van der Waals surface area contributed by atoms with Gasteiger partial charge in [-0.2, -0.15) is 0 Å². The van der Waals surface area contributed by atoms with Gasteiger partial charge in [-0.25, -0.2) is 0 Å². The predicted molar refractivity (Wildman–Crippen MR) is 72.1 cm³/mol. The third-order valence-corrected chi connectivity index (χ3v) is 4.30. The van der Waals surface area contributed by atoms with Crippen LogP contribution in [0.5, 0.6) is 0 Å². The van der Waals surface area contributed by atoms with Crippen LogP contribution in [-0.4, -0.2) is 12.3 Å². The SMILES string of the molecule is CCCCCCNC1CSc2ccccc21. The number of fused-ring (bicyclic) bond motifs is 1. The van der Waals surface area contributed by atoms with Crippen molar-refractivity contribution in [2.45, 2.75) is 43.5 Å². The van der Waals surface area contributed by atoms with E-state index in [1.807, 2.05) is 11.8 Å². The molecule has 0 saturated carbocycles. The van der Waals surface area contributed by atoms with Crippen molar-refractivity contribution in [2.75, 3.05) is 12.3 Å². The number of rotatable bonds is 6. The average molecular weight is 235 g/mol. The molecule has 0 aliphatic carbocycles. The van der Waals surface area contributed by atoms with E-state index in [1.165, 1.54) is 48.4 Å². The number of hydrogen-bond acceptors (Lipinski definition) is 2. The van der Waals surface area contributed by atoms with E-state index in [2.05, 4.69) is 36.5 Å². The number of nitrogens with one attached hydrogen (secondary N) is 1. The lowest BCUT2D eigenvalue weighted by Gasteiger charge is -2.12. The predicted octanol–water partition coefficient (Wildman–Crippen LogP) is 4.00. The zero-order valence-electron chi connectivity index (χ0n) is 10.0. The molecule has 0 fully saturated rings. The van der Waals surface area contributed by atoms with Crippen LogP contribution in [0.4, 0.5) is 0 Å². The van der Waals surface area contributed by atoms with E-state index in [4.69, 9.17) is 0 Å². The minimum atomic E-state index is 0.586. The summed E-state index contributed by atoms with van der Waals surface area (Å²) >= 11 is 1.98. The number of unbranched alkanes of at least 4 members (excludes halogenated alkanes) is 3. The van der Waals surface area contributed by atoms with Crippen LogP contribution >= 0.6 is 11.8 Å². The van der Waals surface area contributed by atoms with Gasteiger partial charge in [-0.05, 0) is 24.6 Å². The van der Waals surface area contributed by atoms with Crippen molar-refractivity contribution in [3.63, 3.8) is 0 Å². The molecule has 0 amide bonds. The van der Waals surface area contributed by atoms with E-state index in [0.717, 1.165) is 0 Å². The molecular weight excluding hydrogens is 214 g/mol. The Labute approximate surface area is 103 Å². The highest BCUT2D eigenvalue weighted by atomic mass is 32.2. The van der Waals surface area contributed by atoms with Gasteiger partial charge in [0.15, 0.2) is 0 Å². The van der Waals surface area contributed by atoms with Crippen LogP contribution in [0.1, 0.15) is 44.2 Å². The van der Waals surface area contributed by atoms with Crippen molar-refractivity contribution in [3.05, 3.63) is 29.8 Å². The van der Waals surface area contributed by atoms with Crippen molar-refractivity contribution in [1.29, 1.82) is 0 Å². The number of thioether (sulfide) groups is 1. The molecule has 1 nitrogen and oxygen atoms in total. The van der Waals surface area contributed by atoms with Gasteiger partial charge >= 0.3 is 0 Å². The Balaban J connectivity index is 1.76. The third kappa shape index (κ3) is 3.02. The highest BCUT2D eigenvalue weighted by Gasteiger charge is 2.21. The fourth-order valence-electron chi connectivity index (χ4n) is 2.16. The van der Waals surface area contributed by atoms with Crippen molar-refractivity contribution in [1.82, 2.24) is 5.32 Å².